The quantitative estimate of drug-likeness (QED) is 0.318. The van der Waals surface area contributed by atoms with E-state index in [1.165, 1.54) is 0 Å². The Morgan fingerprint density at radius 2 is 0.750 bits per heavy atom. The maximum Gasteiger partial charge on any atom is 0.417 e. The maximum absolute atomic E-state index is 13.5. The molecule has 0 fully saturated rings. The second kappa shape index (κ2) is 7.69. The van der Waals surface area contributed by atoms with Crippen LogP contribution in [0.4, 0.5) is 52.7 Å². The van der Waals surface area contributed by atoms with Crippen molar-refractivity contribution in [1.82, 2.24) is 0 Å². The molecule has 0 spiro atoms. The lowest BCUT2D eigenvalue weighted by Gasteiger charge is -2.23. The molecule has 0 radical (unpaired) electrons. The van der Waals surface area contributed by atoms with Gasteiger partial charge in [-0.2, -0.15) is 52.7 Å². The molecule has 0 heterocycles. The topological polar surface area (TPSA) is 17.1 Å². The van der Waals surface area contributed by atoms with Crippen LogP contribution >= 0.6 is 0 Å². The van der Waals surface area contributed by atoms with Crippen molar-refractivity contribution in [1.29, 1.82) is 0 Å². The second-order valence-corrected chi connectivity index (χ2v) is 6.68. The zero-order chi connectivity index (χ0) is 25.0. The van der Waals surface area contributed by atoms with E-state index < -0.39 is 75.0 Å². The average Bonchev–Trinajstić information content (AvgIpc) is 2.56. The number of carbonyl (C=O) groups is 1. The van der Waals surface area contributed by atoms with Crippen LogP contribution in [0.1, 0.15) is 49.3 Å². The maximum atomic E-state index is 13.5. The zero-order valence-corrected chi connectivity index (χ0v) is 15.8. The summed E-state index contributed by atoms with van der Waals surface area (Å²) >= 11 is 0. The van der Waals surface area contributed by atoms with Crippen LogP contribution in [0, 0.1) is 13.8 Å². The minimum atomic E-state index is -5.86. The van der Waals surface area contributed by atoms with Crippen molar-refractivity contribution < 1.29 is 57.5 Å². The van der Waals surface area contributed by atoms with Crippen LogP contribution < -0.4 is 0 Å². The van der Waals surface area contributed by atoms with Crippen molar-refractivity contribution in [2.24, 2.45) is 0 Å². The third kappa shape index (κ3) is 4.70. The van der Waals surface area contributed by atoms with Crippen molar-refractivity contribution in [3.05, 3.63) is 68.8 Å². The molecule has 1 nitrogen and oxygen atoms in total. The van der Waals surface area contributed by atoms with E-state index in [4.69, 9.17) is 0 Å². The minimum absolute atomic E-state index is 0.197. The molecule has 2 aromatic carbocycles. The first-order chi connectivity index (χ1) is 14.2. The molecule has 0 amide bonds. The SMILES string of the molecule is Cc1ccc(C(=O)c2ccc(C)c(C(F)(F)F)c2C(F)(F)F)c(C(F)(F)F)c1C(F)(F)F. The molecule has 0 atom stereocenters. The summed E-state index contributed by atoms with van der Waals surface area (Å²) in [6.45, 7) is 1.25. The summed E-state index contributed by atoms with van der Waals surface area (Å²) in [7, 11) is 0. The summed E-state index contributed by atoms with van der Waals surface area (Å²) in [4.78, 5) is 12.6. The van der Waals surface area contributed by atoms with Crippen molar-refractivity contribution in [2.45, 2.75) is 38.6 Å². The van der Waals surface area contributed by atoms with E-state index in [0.717, 1.165) is 0 Å². The number of carbonyl (C=O) groups excluding carboxylic acids is 1. The summed E-state index contributed by atoms with van der Waals surface area (Å²) < 4.78 is 161. The fourth-order valence-corrected chi connectivity index (χ4v) is 3.26. The number of ketones is 1. The van der Waals surface area contributed by atoms with Crippen molar-refractivity contribution >= 4 is 5.78 Å². The molecule has 0 N–H and O–H groups in total. The molecule has 0 aliphatic rings. The van der Waals surface area contributed by atoms with E-state index in [1.807, 2.05) is 0 Å². The Labute approximate surface area is 171 Å². The Morgan fingerprint density at radius 3 is 0.969 bits per heavy atom. The van der Waals surface area contributed by atoms with Gasteiger partial charge in [0.1, 0.15) is 0 Å². The highest BCUT2D eigenvalue weighted by Gasteiger charge is 2.50. The molecular weight excluding hydrogens is 472 g/mol. The number of hydrogen-bond acceptors (Lipinski definition) is 1. The van der Waals surface area contributed by atoms with Gasteiger partial charge in [0.25, 0.3) is 0 Å². The van der Waals surface area contributed by atoms with E-state index in [1.54, 1.807) is 0 Å². The van der Waals surface area contributed by atoms with Gasteiger partial charge in [-0.05, 0) is 25.0 Å². The van der Waals surface area contributed by atoms with E-state index in [-0.39, 0.29) is 12.1 Å². The van der Waals surface area contributed by atoms with Gasteiger partial charge in [0.2, 0.25) is 0 Å². The summed E-state index contributed by atoms with van der Waals surface area (Å²) in [5.41, 5.74) is -15.5. The van der Waals surface area contributed by atoms with Crippen LogP contribution in [0.15, 0.2) is 24.3 Å². The molecule has 2 aromatic rings. The van der Waals surface area contributed by atoms with Gasteiger partial charge in [-0.1, -0.05) is 24.3 Å². The number of hydrogen-bond donors (Lipinski definition) is 0. The second-order valence-electron chi connectivity index (χ2n) is 6.68. The molecule has 0 aliphatic heterocycles. The number of rotatable bonds is 2. The molecule has 176 valence electrons. The smallest absolute Gasteiger partial charge is 0.289 e. The van der Waals surface area contributed by atoms with Gasteiger partial charge in [-0.25, -0.2) is 0 Å². The zero-order valence-electron chi connectivity index (χ0n) is 15.8. The number of alkyl halides is 12. The first-order valence-corrected chi connectivity index (χ1v) is 8.29. The lowest BCUT2D eigenvalue weighted by atomic mass is 9.87. The fraction of sp³-hybridized carbons (Fsp3) is 0.316. The Balaban J connectivity index is 3.01. The van der Waals surface area contributed by atoms with Gasteiger partial charge >= 0.3 is 24.7 Å². The number of benzene rings is 2. The van der Waals surface area contributed by atoms with Gasteiger partial charge < -0.3 is 0 Å². The summed E-state index contributed by atoms with van der Waals surface area (Å²) in [6.07, 6.45) is -23.1. The van der Waals surface area contributed by atoms with Crippen LogP contribution in [0.5, 0.6) is 0 Å². The molecule has 0 saturated carbocycles. The number of aryl methyl sites for hydroxylation is 2. The van der Waals surface area contributed by atoms with E-state index in [0.29, 0.717) is 26.0 Å². The standard InChI is InChI=1S/C19H10F12O/c1-7-3-5-9(13(18(26,27)28)11(7)16(20,21)22)15(32)10-6-4-8(2)12(17(23,24)25)14(10)19(29,30)31/h3-6H,1-2H3. The monoisotopic (exact) mass is 482 g/mol. The van der Waals surface area contributed by atoms with E-state index in [9.17, 15) is 57.5 Å². The fourth-order valence-electron chi connectivity index (χ4n) is 3.26. The van der Waals surface area contributed by atoms with E-state index >= 15 is 0 Å². The molecule has 0 aliphatic carbocycles. The molecule has 32 heavy (non-hydrogen) atoms. The van der Waals surface area contributed by atoms with Crippen LogP contribution in [-0.2, 0) is 24.7 Å². The lowest BCUT2D eigenvalue weighted by Crippen LogP contribution is -2.26. The molecule has 0 saturated heterocycles. The van der Waals surface area contributed by atoms with Gasteiger partial charge in [0, 0.05) is 11.1 Å². The normalized spacial score (nSPS) is 13.4. The van der Waals surface area contributed by atoms with Crippen LogP contribution in [-0.4, -0.2) is 5.78 Å². The van der Waals surface area contributed by atoms with Crippen molar-refractivity contribution in [3.8, 4) is 0 Å². The van der Waals surface area contributed by atoms with Crippen LogP contribution in [0.25, 0.3) is 0 Å². The number of halogens is 12. The lowest BCUT2D eigenvalue weighted by molar-refractivity contribution is -0.163. The highest BCUT2D eigenvalue weighted by atomic mass is 19.4. The first kappa shape index (κ1) is 25.5. The molecular formula is C19H10F12O. The summed E-state index contributed by atoms with van der Waals surface area (Å²) in [5.74, 6) is -2.29. The van der Waals surface area contributed by atoms with Crippen molar-refractivity contribution in [3.63, 3.8) is 0 Å². The van der Waals surface area contributed by atoms with Gasteiger partial charge in [-0.15, -0.1) is 0 Å². The Bertz CT molecular complexity index is 969. The Kier molecular flexibility index (Phi) is 6.14. The van der Waals surface area contributed by atoms with Crippen molar-refractivity contribution in [2.75, 3.05) is 0 Å². The molecule has 0 aromatic heterocycles. The van der Waals surface area contributed by atoms with Crippen LogP contribution in [0.3, 0.4) is 0 Å². The first-order valence-electron chi connectivity index (χ1n) is 8.29. The Morgan fingerprint density at radius 1 is 0.500 bits per heavy atom. The predicted molar refractivity (Wildman–Crippen MR) is 85.8 cm³/mol. The summed E-state index contributed by atoms with van der Waals surface area (Å²) in [6, 6.07) is 1.22. The average molecular weight is 482 g/mol. The van der Waals surface area contributed by atoms with Gasteiger partial charge in [0.05, 0.1) is 22.3 Å². The van der Waals surface area contributed by atoms with Gasteiger partial charge in [0.15, 0.2) is 5.78 Å². The Hall–Kier alpha value is -2.73. The van der Waals surface area contributed by atoms with Gasteiger partial charge in [-0.3, -0.25) is 4.79 Å². The predicted octanol–water partition coefficient (Wildman–Crippen LogP) is 7.61. The highest BCUT2D eigenvalue weighted by Crippen LogP contribution is 2.47. The summed E-state index contributed by atoms with van der Waals surface area (Å²) in [5, 5.41) is 0. The molecule has 0 unspecified atom stereocenters. The molecule has 0 bridgehead atoms. The van der Waals surface area contributed by atoms with Crippen LogP contribution in [0.2, 0.25) is 0 Å². The largest absolute Gasteiger partial charge is 0.417 e. The molecule has 13 heteroatoms. The third-order valence-corrected chi connectivity index (χ3v) is 4.45. The van der Waals surface area contributed by atoms with E-state index in [2.05, 4.69) is 0 Å². The third-order valence-electron chi connectivity index (χ3n) is 4.45. The molecule has 2 rings (SSSR count). The minimum Gasteiger partial charge on any atom is -0.289 e. The highest BCUT2D eigenvalue weighted by molar-refractivity contribution is 6.11.